The molecular weight excluding hydrogens is 301 g/mol. The Morgan fingerprint density at radius 3 is 2.76 bits per heavy atom. The van der Waals surface area contributed by atoms with Crippen molar-refractivity contribution in [2.75, 3.05) is 13.2 Å². The Morgan fingerprint density at radius 1 is 1.47 bits per heavy atom. The number of hydrogen-bond donors (Lipinski definition) is 1. The van der Waals surface area contributed by atoms with Gasteiger partial charge in [0, 0.05) is 22.8 Å². The van der Waals surface area contributed by atoms with Crippen LogP contribution in [0.4, 0.5) is 13.2 Å². The SMILES string of the molecule is CCNCc1cc(Br)cnc1OCC(F)(F)F. The van der Waals surface area contributed by atoms with Crippen LogP contribution in [-0.2, 0) is 6.54 Å². The van der Waals surface area contributed by atoms with E-state index in [4.69, 9.17) is 0 Å². The third-order valence-electron chi connectivity index (χ3n) is 1.83. The normalized spacial score (nSPS) is 11.6. The number of nitrogens with one attached hydrogen (secondary N) is 1. The molecule has 0 spiro atoms. The zero-order valence-corrected chi connectivity index (χ0v) is 10.7. The van der Waals surface area contributed by atoms with E-state index in [1.165, 1.54) is 6.20 Å². The van der Waals surface area contributed by atoms with Crippen molar-refractivity contribution in [3.63, 3.8) is 0 Å². The predicted molar refractivity (Wildman–Crippen MR) is 60.9 cm³/mol. The molecule has 0 fully saturated rings. The quantitative estimate of drug-likeness (QED) is 0.907. The Hall–Kier alpha value is -0.820. The molecule has 1 N–H and O–H groups in total. The van der Waals surface area contributed by atoms with Crippen LogP contribution in [-0.4, -0.2) is 24.3 Å². The molecule has 1 aromatic rings. The average molecular weight is 313 g/mol. The van der Waals surface area contributed by atoms with Crippen molar-refractivity contribution in [2.45, 2.75) is 19.6 Å². The molecule has 96 valence electrons. The van der Waals surface area contributed by atoms with Gasteiger partial charge in [-0.15, -0.1) is 0 Å². The molecule has 0 aliphatic heterocycles. The van der Waals surface area contributed by atoms with E-state index in [9.17, 15) is 13.2 Å². The van der Waals surface area contributed by atoms with Gasteiger partial charge in [-0.2, -0.15) is 13.2 Å². The van der Waals surface area contributed by atoms with Crippen molar-refractivity contribution in [2.24, 2.45) is 0 Å². The van der Waals surface area contributed by atoms with E-state index in [2.05, 4.69) is 31.0 Å². The van der Waals surface area contributed by atoms with E-state index in [0.29, 0.717) is 23.1 Å². The second-order valence-electron chi connectivity index (χ2n) is 3.30. The monoisotopic (exact) mass is 312 g/mol. The molecule has 1 rings (SSSR count). The van der Waals surface area contributed by atoms with Crippen LogP contribution < -0.4 is 10.1 Å². The molecule has 0 aliphatic rings. The van der Waals surface area contributed by atoms with Crippen LogP contribution in [0.15, 0.2) is 16.7 Å². The summed E-state index contributed by atoms with van der Waals surface area (Å²) in [6.45, 7) is 1.70. The molecule has 0 aromatic carbocycles. The molecule has 0 saturated heterocycles. The molecule has 7 heteroatoms. The van der Waals surface area contributed by atoms with Gasteiger partial charge in [-0.05, 0) is 28.5 Å². The Balaban J connectivity index is 2.75. The third kappa shape index (κ3) is 5.36. The van der Waals surface area contributed by atoms with Gasteiger partial charge in [-0.3, -0.25) is 0 Å². The van der Waals surface area contributed by atoms with Gasteiger partial charge in [0.15, 0.2) is 6.61 Å². The maximum absolute atomic E-state index is 12.0. The van der Waals surface area contributed by atoms with Crippen LogP contribution in [0.2, 0.25) is 0 Å². The summed E-state index contributed by atoms with van der Waals surface area (Å²) in [4.78, 5) is 3.83. The molecule has 3 nitrogen and oxygen atoms in total. The smallest absolute Gasteiger partial charge is 0.422 e. The van der Waals surface area contributed by atoms with E-state index in [1.54, 1.807) is 6.07 Å². The summed E-state index contributed by atoms with van der Waals surface area (Å²) in [5.74, 6) is 0.00600. The summed E-state index contributed by atoms with van der Waals surface area (Å²) in [5.41, 5.74) is 0.588. The van der Waals surface area contributed by atoms with Crippen LogP contribution in [0.25, 0.3) is 0 Å². The summed E-state index contributed by atoms with van der Waals surface area (Å²) >= 11 is 3.21. The van der Waals surface area contributed by atoms with Crippen molar-refractivity contribution >= 4 is 15.9 Å². The number of nitrogens with zero attached hydrogens (tertiary/aromatic N) is 1. The minimum Gasteiger partial charge on any atom is -0.468 e. The third-order valence-corrected chi connectivity index (χ3v) is 2.26. The van der Waals surface area contributed by atoms with Gasteiger partial charge >= 0.3 is 6.18 Å². The Kier molecular flexibility index (Phi) is 5.20. The first-order valence-electron chi connectivity index (χ1n) is 4.97. The fraction of sp³-hybridized carbons (Fsp3) is 0.500. The lowest BCUT2D eigenvalue weighted by Gasteiger charge is -2.12. The summed E-state index contributed by atoms with van der Waals surface area (Å²) in [6.07, 6.45) is -2.95. The number of alkyl halides is 3. The Morgan fingerprint density at radius 2 is 2.18 bits per heavy atom. The number of aromatic nitrogens is 1. The lowest BCUT2D eigenvalue weighted by molar-refractivity contribution is -0.154. The molecule has 0 saturated carbocycles. The minimum atomic E-state index is -4.36. The first kappa shape index (κ1) is 14.2. The largest absolute Gasteiger partial charge is 0.468 e. The molecule has 1 heterocycles. The Labute approximate surface area is 106 Å². The van der Waals surface area contributed by atoms with E-state index in [-0.39, 0.29) is 5.88 Å². The lowest BCUT2D eigenvalue weighted by atomic mass is 10.2. The lowest BCUT2D eigenvalue weighted by Crippen LogP contribution is -2.21. The zero-order chi connectivity index (χ0) is 12.9. The zero-order valence-electron chi connectivity index (χ0n) is 9.14. The van der Waals surface area contributed by atoms with Crippen molar-refractivity contribution in [1.82, 2.24) is 10.3 Å². The average Bonchev–Trinajstić information content (AvgIpc) is 2.23. The summed E-state index contributed by atoms with van der Waals surface area (Å²) < 4.78 is 41.4. The van der Waals surface area contributed by atoms with Gasteiger partial charge in [0.1, 0.15) is 0 Å². The van der Waals surface area contributed by atoms with E-state index in [0.717, 1.165) is 0 Å². The van der Waals surface area contributed by atoms with Gasteiger partial charge in [-0.1, -0.05) is 6.92 Å². The number of pyridine rings is 1. The van der Waals surface area contributed by atoms with Crippen LogP contribution in [0.5, 0.6) is 5.88 Å². The summed E-state index contributed by atoms with van der Waals surface area (Å²) in [5, 5.41) is 3.01. The highest BCUT2D eigenvalue weighted by Crippen LogP contribution is 2.22. The highest BCUT2D eigenvalue weighted by atomic mass is 79.9. The maximum atomic E-state index is 12.0. The van der Waals surface area contributed by atoms with Crippen molar-refractivity contribution in [3.8, 4) is 5.88 Å². The van der Waals surface area contributed by atoms with Crippen molar-refractivity contribution < 1.29 is 17.9 Å². The van der Waals surface area contributed by atoms with Crippen LogP contribution in [0.1, 0.15) is 12.5 Å². The van der Waals surface area contributed by atoms with Crippen LogP contribution >= 0.6 is 15.9 Å². The maximum Gasteiger partial charge on any atom is 0.422 e. The highest BCUT2D eigenvalue weighted by Gasteiger charge is 2.29. The van der Waals surface area contributed by atoms with Gasteiger partial charge in [0.05, 0.1) is 0 Å². The Bertz CT molecular complexity index is 371. The fourth-order valence-electron chi connectivity index (χ4n) is 1.14. The minimum absolute atomic E-state index is 0.00600. The van der Waals surface area contributed by atoms with Gasteiger partial charge in [0.2, 0.25) is 5.88 Å². The highest BCUT2D eigenvalue weighted by molar-refractivity contribution is 9.10. The standard InChI is InChI=1S/C10H12BrF3N2O/c1-2-15-4-7-3-8(11)5-16-9(7)17-6-10(12,13)14/h3,5,15H,2,4,6H2,1H3. The van der Waals surface area contributed by atoms with Crippen molar-refractivity contribution in [3.05, 3.63) is 22.3 Å². The van der Waals surface area contributed by atoms with Crippen LogP contribution in [0, 0.1) is 0 Å². The van der Waals surface area contributed by atoms with E-state index in [1.807, 2.05) is 6.92 Å². The number of hydrogen-bond acceptors (Lipinski definition) is 3. The fourth-order valence-corrected chi connectivity index (χ4v) is 1.51. The molecular formula is C10H12BrF3N2O. The van der Waals surface area contributed by atoms with Gasteiger partial charge in [0.25, 0.3) is 0 Å². The number of rotatable bonds is 5. The van der Waals surface area contributed by atoms with Crippen LogP contribution in [0.3, 0.4) is 0 Å². The predicted octanol–water partition coefficient (Wildman–Crippen LogP) is 2.89. The van der Waals surface area contributed by atoms with Gasteiger partial charge in [-0.25, -0.2) is 4.98 Å². The molecule has 0 amide bonds. The van der Waals surface area contributed by atoms with E-state index < -0.39 is 12.8 Å². The molecule has 17 heavy (non-hydrogen) atoms. The number of ether oxygens (including phenoxy) is 1. The molecule has 0 atom stereocenters. The second kappa shape index (κ2) is 6.20. The summed E-state index contributed by atoms with van der Waals surface area (Å²) in [6, 6.07) is 1.68. The summed E-state index contributed by atoms with van der Waals surface area (Å²) in [7, 11) is 0. The molecule has 0 unspecified atom stereocenters. The molecule has 0 radical (unpaired) electrons. The first-order valence-corrected chi connectivity index (χ1v) is 5.76. The topological polar surface area (TPSA) is 34.2 Å². The van der Waals surface area contributed by atoms with E-state index >= 15 is 0 Å². The molecule has 0 aliphatic carbocycles. The number of halogens is 4. The molecule has 1 aromatic heterocycles. The second-order valence-corrected chi connectivity index (χ2v) is 4.22. The molecule has 0 bridgehead atoms. The van der Waals surface area contributed by atoms with Crippen molar-refractivity contribution in [1.29, 1.82) is 0 Å². The first-order chi connectivity index (χ1) is 7.92. The van der Waals surface area contributed by atoms with Gasteiger partial charge < -0.3 is 10.1 Å².